The summed E-state index contributed by atoms with van der Waals surface area (Å²) in [6, 6.07) is 11.1. The van der Waals surface area contributed by atoms with Crippen LogP contribution in [-0.4, -0.2) is 10.9 Å². The predicted octanol–water partition coefficient (Wildman–Crippen LogP) is 7.75. The monoisotopic (exact) mass is 488 g/mol. The molecule has 5 heteroatoms. The lowest BCUT2D eigenvalue weighted by Crippen LogP contribution is -2.45. The van der Waals surface area contributed by atoms with E-state index in [0.29, 0.717) is 22.1 Å². The van der Waals surface area contributed by atoms with Crippen LogP contribution >= 0.6 is 27.5 Å². The van der Waals surface area contributed by atoms with E-state index in [2.05, 4.69) is 43.6 Å². The lowest BCUT2D eigenvalue weighted by Gasteiger charge is -2.45. The number of aryl methyl sites for hydroxylation is 1. The molecule has 2 aromatic carbocycles. The van der Waals surface area contributed by atoms with Crippen LogP contribution in [0.25, 0.3) is 5.57 Å². The molecule has 4 rings (SSSR count). The Kier molecular flexibility index (Phi) is 5.31. The van der Waals surface area contributed by atoms with E-state index in [4.69, 9.17) is 16.3 Å². The summed E-state index contributed by atoms with van der Waals surface area (Å²) in [6.45, 7) is 8.31. The first kappa shape index (κ1) is 21.5. The molecule has 1 fully saturated rings. The van der Waals surface area contributed by atoms with Gasteiger partial charge in [-0.25, -0.2) is 0 Å². The summed E-state index contributed by atoms with van der Waals surface area (Å²) in [5.41, 5.74) is 1.50. The average molecular weight is 490 g/mol. The molecule has 0 heterocycles. The van der Waals surface area contributed by atoms with E-state index in [0.717, 1.165) is 34.9 Å². The normalized spacial score (nSPS) is 25.0. The van der Waals surface area contributed by atoms with Gasteiger partial charge in [0.25, 0.3) is 0 Å². The number of ether oxygens (including phenoxy) is 1. The molecule has 2 aromatic rings. The highest BCUT2D eigenvalue weighted by molar-refractivity contribution is 9.10. The second kappa shape index (κ2) is 7.42. The second-order valence-electron chi connectivity index (χ2n) is 9.08. The van der Waals surface area contributed by atoms with Crippen LogP contribution in [0.1, 0.15) is 51.7 Å². The minimum atomic E-state index is -0.476. The molecular formula is C25H26BrClO3. The van der Waals surface area contributed by atoms with Gasteiger partial charge in [-0.15, -0.1) is 0 Å². The highest BCUT2D eigenvalue weighted by Gasteiger charge is 2.61. The largest absolute Gasteiger partial charge is 0.511 e. The molecule has 0 aliphatic heterocycles. The highest BCUT2D eigenvalue weighted by Crippen LogP contribution is 2.63. The third-order valence-electron chi connectivity index (χ3n) is 7.39. The van der Waals surface area contributed by atoms with Crippen LogP contribution in [0.15, 0.2) is 46.6 Å². The molecule has 0 amide bonds. The topological polar surface area (TPSA) is 46.5 Å². The van der Waals surface area contributed by atoms with Crippen LogP contribution < -0.4 is 4.74 Å². The third kappa shape index (κ3) is 3.11. The number of halogens is 2. The molecule has 0 radical (unpaired) electrons. The van der Waals surface area contributed by atoms with Crippen LogP contribution in [-0.2, 0) is 11.2 Å². The van der Waals surface area contributed by atoms with Gasteiger partial charge >= 0.3 is 0 Å². The molecule has 2 aliphatic rings. The molecular weight excluding hydrogens is 464 g/mol. The Balaban J connectivity index is 1.82. The summed E-state index contributed by atoms with van der Waals surface area (Å²) in [5.74, 6) is 1.38. The van der Waals surface area contributed by atoms with Gasteiger partial charge < -0.3 is 9.84 Å². The van der Waals surface area contributed by atoms with E-state index < -0.39 is 5.41 Å². The van der Waals surface area contributed by atoms with Gasteiger partial charge in [0.1, 0.15) is 17.3 Å². The fourth-order valence-corrected chi connectivity index (χ4v) is 5.77. The molecule has 2 aliphatic carbocycles. The van der Waals surface area contributed by atoms with Crippen molar-refractivity contribution in [2.75, 3.05) is 0 Å². The predicted molar refractivity (Wildman–Crippen MR) is 124 cm³/mol. The van der Waals surface area contributed by atoms with Gasteiger partial charge in [-0.05, 0) is 66.1 Å². The van der Waals surface area contributed by atoms with E-state index in [-0.39, 0.29) is 22.9 Å². The van der Waals surface area contributed by atoms with Gasteiger partial charge in [-0.2, -0.15) is 0 Å². The number of allylic oxidation sites excluding steroid dienone is 2. The molecule has 0 saturated heterocycles. The quantitative estimate of drug-likeness (QED) is 0.477. The zero-order valence-electron chi connectivity index (χ0n) is 17.7. The minimum absolute atomic E-state index is 0.00889. The van der Waals surface area contributed by atoms with Crippen LogP contribution in [0.3, 0.4) is 0 Å². The standard InChI is InChI=1S/C25H26BrClO3/c1-5-14-6-8-16(30-20-9-7-15(26)12-19(20)27)13-17(14)21-22(28)18-10-11-25(4,23(21)29)24(18,2)3/h6-9,12-13,18,28H,5,10-11H2,1-4H3/t18-,25+/m0/s1. The summed E-state index contributed by atoms with van der Waals surface area (Å²) >= 11 is 9.71. The summed E-state index contributed by atoms with van der Waals surface area (Å²) in [4.78, 5) is 13.7. The van der Waals surface area contributed by atoms with Crippen LogP contribution in [0, 0.1) is 16.7 Å². The van der Waals surface area contributed by atoms with E-state index in [9.17, 15) is 9.90 Å². The number of carbonyl (C=O) groups is 1. The molecule has 158 valence electrons. The molecule has 3 nitrogen and oxygen atoms in total. The first-order chi connectivity index (χ1) is 14.1. The lowest BCUT2D eigenvalue weighted by atomic mass is 9.58. The first-order valence-corrected chi connectivity index (χ1v) is 11.5. The molecule has 2 bridgehead atoms. The van der Waals surface area contributed by atoms with Crippen molar-refractivity contribution in [3.05, 3.63) is 62.8 Å². The third-order valence-corrected chi connectivity index (χ3v) is 8.18. The number of Topliss-reactive ketones (excluding diaryl/α,β-unsaturated/α-hetero) is 1. The Morgan fingerprint density at radius 2 is 1.93 bits per heavy atom. The summed E-state index contributed by atoms with van der Waals surface area (Å²) < 4.78 is 6.90. The first-order valence-electron chi connectivity index (χ1n) is 10.3. The van der Waals surface area contributed by atoms with Gasteiger partial charge in [-0.3, -0.25) is 4.79 Å². The minimum Gasteiger partial charge on any atom is -0.511 e. The van der Waals surface area contributed by atoms with Crippen LogP contribution in [0.2, 0.25) is 5.02 Å². The van der Waals surface area contributed by atoms with E-state index in [1.54, 1.807) is 12.1 Å². The van der Waals surface area contributed by atoms with E-state index in [1.807, 2.05) is 24.3 Å². The SMILES string of the molecule is CCc1ccc(Oc2ccc(Br)cc2Cl)cc1C1=C(O)[C@@H]2CC[C@](C)(C1=O)C2(C)C. The molecule has 0 aromatic heterocycles. The number of hydrogen-bond acceptors (Lipinski definition) is 3. The van der Waals surface area contributed by atoms with Gasteiger partial charge in [0.05, 0.1) is 10.6 Å². The van der Waals surface area contributed by atoms with Gasteiger partial charge in [-0.1, -0.05) is 61.3 Å². The number of benzene rings is 2. The maximum Gasteiger partial charge on any atom is 0.173 e. The van der Waals surface area contributed by atoms with E-state index >= 15 is 0 Å². The Bertz CT molecular complexity index is 1070. The molecule has 1 saturated carbocycles. The van der Waals surface area contributed by atoms with Gasteiger partial charge in [0.2, 0.25) is 0 Å². The van der Waals surface area contributed by atoms with Crippen molar-refractivity contribution in [3.8, 4) is 11.5 Å². The van der Waals surface area contributed by atoms with Crippen LogP contribution in [0.5, 0.6) is 11.5 Å². The summed E-state index contributed by atoms with van der Waals surface area (Å²) in [7, 11) is 0. The van der Waals surface area contributed by atoms with Crippen LogP contribution in [0.4, 0.5) is 0 Å². The maximum atomic E-state index is 13.7. The lowest BCUT2D eigenvalue weighted by molar-refractivity contribution is -0.128. The number of carbonyl (C=O) groups excluding carboxylic acids is 1. The highest BCUT2D eigenvalue weighted by atomic mass is 79.9. The number of ketones is 1. The van der Waals surface area contributed by atoms with Crippen molar-refractivity contribution in [2.45, 2.75) is 47.0 Å². The summed E-state index contributed by atoms with van der Waals surface area (Å²) in [5, 5.41) is 11.7. The van der Waals surface area contributed by atoms with Crippen molar-refractivity contribution in [2.24, 2.45) is 16.7 Å². The average Bonchev–Trinajstić information content (AvgIpc) is 2.87. The summed E-state index contributed by atoms with van der Waals surface area (Å²) in [6.07, 6.45) is 2.38. The smallest absolute Gasteiger partial charge is 0.173 e. The maximum absolute atomic E-state index is 13.7. The molecule has 0 spiro atoms. The van der Waals surface area contributed by atoms with Crippen molar-refractivity contribution in [1.82, 2.24) is 0 Å². The zero-order chi connectivity index (χ0) is 21.8. The van der Waals surface area contributed by atoms with Gasteiger partial charge in [0.15, 0.2) is 5.78 Å². The number of rotatable bonds is 4. The number of aliphatic hydroxyl groups excluding tert-OH is 1. The number of aliphatic hydroxyl groups is 1. The van der Waals surface area contributed by atoms with Gasteiger partial charge in [0, 0.05) is 15.8 Å². The van der Waals surface area contributed by atoms with Crippen molar-refractivity contribution in [1.29, 1.82) is 0 Å². The van der Waals surface area contributed by atoms with Crippen molar-refractivity contribution in [3.63, 3.8) is 0 Å². The molecule has 30 heavy (non-hydrogen) atoms. The molecule has 0 unspecified atom stereocenters. The molecule has 2 atom stereocenters. The fourth-order valence-electron chi connectivity index (χ4n) is 5.06. The Morgan fingerprint density at radius 3 is 2.60 bits per heavy atom. The Labute approximate surface area is 191 Å². The Morgan fingerprint density at radius 1 is 1.20 bits per heavy atom. The molecule has 1 N–H and O–H groups in total. The second-order valence-corrected chi connectivity index (χ2v) is 10.4. The van der Waals surface area contributed by atoms with Crippen molar-refractivity contribution < 1.29 is 14.6 Å². The zero-order valence-corrected chi connectivity index (χ0v) is 20.0. The Hall–Kier alpha value is -1.78. The number of hydrogen-bond donors (Lipinski definition) is 1. The van der Waals surface area contributed by atoms with E-state index in [1.165, 1.54) is 0 Å². The number of fused-ring (bicyclic) bond motifs is 2. The fraction of sp³-hybridized carbons (Fsp3) is 0.400. The van der Waals surface area contributed by atoms with Crippen molar-refractivity contribution >= 4 is 38.9 Å².